The van der Waals surface area contributed by atoms with Crippen LogP contribution in [0.3, 0.4) is 0 Å². The number of oxazole rings is 1. The number of hydrogen-bond acceptors (Lipinski definition) is 5. The number of unbranched alkanes of at least 4 members (excludes halogenated alkanes) is 1. The van der Waals surface area contributed by atoms with Gasteiger partial charge in [0.1, 0.15) is 30.1 Å². The zero-order valence-electron chi connectivity index (χ0n) is 23.9. The summed E-state index contributed by atoms with van der Waals surface area (Å²) in [6.45, 7) is 2.89. The minimum Gasteiger partial charge on any atom is -0.487 e. The summed E-state index contributed by atoms with van der Waals surface area (Å²) < 4.78 is 51.6. The predicted octanol–water partition coefficient (Wildman–Crippen LogP) is 7.22. The van der Waals surface area contributed by atoms with Gasteiger partial charge >= 0.3 is 6.18 Å². The number of benzene rings is 2. The Labute approximate surface area is 249 Å². The fraction of sp³-hybridized carbons (Fsp3) is 0.364. The fourth-order valence-corrected chi connectivity index (χ4v) is 5.05. The number of likely N-dealkylation sites (tertiary alicyclic amines) is 1. The molecule has 0 atom stereocenters. The largest absolute Gasteiger partial charge is 0.487 e. The molecule has 0 N–H and O–H groups in total. The predicted molar refractivity (Wildman–Crippen MR) is 157 cm³/mol. The fourth-order valence-electron chi connectivity index (χ4n) is 5.05. The van der Waals surface area contributed by atoms with Crippen LogP contribution in [0.1, 0.15) is 66.2 Å². The van der Waals surface area contributed by atoms with Crippen LogP contribution in [0.5, 0.6) is 5.75 Å². The Morgan fingerprint density at radius 1 is 0.977 bits per heavy atom. The first kappa shape index (κ1) is 30.1. The van der Waals surface area contributed by atoms with Gasteiger partial charge < -0.3 is 18.6 Å². The highest BCUT2D eigenvalue weighted by Gasteiger charge is 2.29. The normalized spacial score (nSPS) is 13.7. The first-order chi connectivity index (χ1) is 20.8. The zero-order chi connectivity index (χ0) is 30.1. The number of ether oxygens (including phenoxy) is 1. The molecule has 0 unspecified atom stereocenters. The van der Waals surface area contributed by atoms with Crippen LogP contribution in [-0.4, -0.2) is 38.4 Å². The number of halogens is 3. The van der Waals surface area contributed by atoms with Crippen molar-refractivity contribution in [2.24, 2.45) is 0 Å². The number of hydrogen-bond donors (Lipinski definition) is 0. The lowest BCUT2D eigenvalue weighted by Crippen LogP contribution is -2.28. The molecule has 7 nitrogen and oxygen atoms in total. The second kappa shape index (κ2) is 14.2. The summed E-state index contributed by atoms with van der Waals surface area (Å²) in [5.74, 6) is 2.27. The van der Waals surface area contributed by atoms with Gasteiger partial charge in [-0.2, -0.15) is 13.2 Å². The molecule has 5 rings (SSSR count). The molecular formula is C33H35F3N4O3. The molecule has 3 heterocycles. The molecule has 1 saturated heterocycles. The molecule has 0 aliphatic carbocycles. The lowest BCUT2D eigenvalue weighted by atomic mass is 10.1. The van der Waals surface area contributed by atoms with E-state index in [0.29, 0.717) is 30.0 Å². The third-order valence-corrected chi connectivity index (χ3v) is 7.47. The zero-order valence-corrected chi connectivity index (χ0v) is 23.9. The number of carbonyl (C=O) groups is 1. The minimum atomic E-state index is -4.36. The van der Waals surface area contributed by atoms with Gasteiger partial charge in [-0.15, -0.1) is 0 Å². The van der Waals surface area contributed by atoms with Crippen LogP contribution in [0, 0.1) is 0 Å². The van der Waals surface area contributed by atoms with E-state index in [2.05, 4.69) is 26.7 Å². The maximum atomic E-state index is 12.7. The highest BCUT2D eigenvalue weighted by atomic mass is 19.4. The Hall–Kier alpha value is -4.34. The Morgan fingerprint density at radius 3 is 2.49 bits per heavy atom. The Bertz CT molecular complexity index is 1480. The van der Waals surface area contributed by atoms with E-state index in [-0.39, 0.29) is 12.5 Å². The number of aryl methyl sites for hydroxylation is 3. The summed E-state index contributed by atoms with van der Waals surface area (Å²) in [6, 6.07) is 12.9. The third kappa shape index (κ3) is 8.83. The highest BCUT2D eigenvalue weighted by Crippen LogP contribution is 2.29. The summed E-state index contributed by atoms with van der Waals surface area (Å²) >= 11 is 0. The van der Waals surface area contributed by atoms with E-state index in [4.69, 9.17) is 9.15 Å². The van der Waals surface area contributed by atoms with E-state index in [9.17, 15) is 18.0 Å². The molecule has 1 aliphatic rings. The molecule has 2 aromatic heterocycles. The number of imidazole rings is 1. The summed E-state index contributed by atoms with van der Waals surface area (Å²) in [5.41, 5.74) is 1.75. The van der Waals surface area contributed by atoms with Gasteiger partial charge in [0, 0.05) is 50.9 Å². The lowest BCUT2D eigenvalue weighted by molar-refractivity contribution is -0.137. The average molecular weight is 593 g/mol. The van der Waals surface area contributed by atoms with E-state index in [1.54, 1.807) is 12.2 Å². The quantitative estimate of drug-likeness (QED) is 0.153. The van der Waals surface area contributed by atoms with Crippen molar-refractivity contribution in [1.82, 2.24) is 19.4 Å². The molecule has 2 aromatic carbocycles. The molecule has 0 saturated carbocycles. The van der Waals surface area contributed by atoms with Gasteiger partial charge in [-0.1, -0.05) is 24.3 Å². The van der Waals surface area contributed by atoms with Gasteiger partial charge in [0.05, 0.1) is 5.56 Å². The molecule has 0 bridgehead atoms. The molecule has 4 aromatic rings. The molecule has 1 amide bonds. The van der Waals surface area contributed by atoms with Crippen LogP contribution in [-0.2, 0) is 37.0 Å². The first-order valence-corrected chi connectivity index (χ1v) is 14.6. The van der Waals surface area contributed by atoms with E-state index in [1.165, 1.54) is 24.0 Å². The lowest BCUT2D eigenvalue weighted by Gasteiger charge is -2.15. The summed E-state index contributed by atoms with van der Waals surface area (Å²) in [7, 11) is 0. The minimum absolute atomic E-state index is 0.230. The SMILES string of the molecule is O=C(CCc1nccn1CCCCc1ccc(OCc2coc(/C=C/c3ccc(C(F)(F)F)cc3)n2)cc1)N1CCCC1. The number of carbonyl (C=O) groups excluding carboxylic acids is 1. The van der Waals surface area contributed by atoms with Crippen LogP contribution < -0.4 is 4.74 Å². The molecular weight excluding hydrogens is 557 g/mol. The van der Waals surface area contributed by atoms with Gasteiger partial charge in [0.15, 0.2) is 0 Å². The van der Waals surface area contributed by atoms with Gasteiger partial charge in [0.2, 0.25) is 11.8 Å². The van der Waals surface area contributed by atoms with Crippen molar-refractivity contribution in [3.05, 3.63) is 101 Å². The standard InChI is InChI=1S/C33H35F3N4O3/c34-33(35,36)27-11-6-26(7-12-27)10-16-31-38-28(24-43-31)23-42-29-13-8-25(9-14-29)5-1-2-19-39-22-18-37-30(39)15-17-32(41)40-20-3-4-21-40/h6-14,16,18,22,24H,1-5,15,17,19-21,23H2/b16-10+. The highest BCUT2D eigenvalue weighted by molar-refractivity contribution is 5.76. The topological polar surface area (TPSA) is 73.4 Å². The van der Waals surface area contributed by atoms with Gasteiger partial charge in [-0.25, -0.2) is 9.97 Å². The summed E-state index contributed by atoms with van der Waals surface area (Å²) in [5, 5.41) is 0. The maximum absolute atomic E-state index is 12.7. The second-order valence-electron chi connectivity index (χ2n) is 10.6. The number of nitrogens with zero attached hydrogens (tertiary/aromatic N) is 4. The molecule has 0 spiro atoms. The van der Waals surface area contributed by atoms with Crippen LogP contribution in [0.25, 0.3) is 12.2 Å². The second-order valence-corrected chi connectivity index (χ2v) is 10.6. The van der Waals surface area contributed by atoms with Crippen molar-refractivity contribution in [1.29, 1.82) is 0 Å². The van der Waals surface area contributed by atoms with Gasteiger partial charge in [-0.05, 0) is 73.6 Å². The molecule has 226 valence electrons. The van der Waals surface area contributed by atoms with Gasteiger partial charge in [0.25, 0.3) is 0 Å². The Morgan fingerprint density at radius 2 is 1.74 bits per heavy atom. The van der Waals surface area contributed by atoms with E-state index in [1.807, 2.05) is 29.4 Å². The Balaban J connectivity index is 1.01. The molecule has 10 heteroatoms. The van der Waals surface area contributed by atoms with E-state index in [0.717, 1.165) is 75.4 Å². The Kier molecular flexibility index (Phi) is 9.96. The number of rotatable bonds is 13. The van der Waals surface area contributed by atoms with Crippen molar-refractivity contribution < 1.29 is 27.1 Å². The number of alkyl halides is 3. The van der Waals surface area contributed by atoms with Crippen LogP contribution >= 0.6 is 0 Å². The van der Waals surface area contributed by atoms with Crippen LogP contribution in [0.2, 0.25) is 0 Å². The molecule has 1 aliphatic heterocycles. The van der Waals surface area contributed by atoms with Crippen molar-refractivity contribution in [3.8, 4) is 5.75 Å². The summed E-state index contributed by atoms with van der Waals surface area (Å²) in [6.07, 6.45) is 10.6. The first-order valence-electron chi connectivity index (χ1n) is 14.6. The molecule has 0 radical (unpaired) electrons. The third-order valence-electron chi connectivity index (χ3n) is 7.47. The van der Waals surface area contributed by atoms with Crippen molar-refractivity contribution in [2.75, 3.05) is 13.1 Å². The monoisotopic (exact) mass is 592 g/mol. The van der Waals surface area contributed by atoms with Crippen molar-refractivity contribution >= 4 is 18.1 Å². The van der Waals surface area contributed by atoms with E-state index < -0.39 is 11.7 Å². The number of aromatic nitrogens is 3. The molecule has 1 fully saturated rings. The maximum Gasteiger partial charge on any atom is 0.416 e. The van der Waals surface area contributed by atoms with E-state index >= 15 is 0 Å². The van der Waals surface area contributed by atoms with Gasteiger partial charge in [-0.3, -0.25) is 4.79 Å². The summed E-state index contributed by atoms with van der Waals surface area (Å²) in [4.78, 5) is 23.1. The van der Waals surface area contributed by atoms with Crippen LogP contribution in [0.4, 0.5) is 13.2 Å². The smallest absolute Gasteiger partial charge is 0.416 e. The number of amides is 1. The average Bonchev–Trinajstić information content (AvgIpc) is 3.79. The van der Waals surface area contributed by atoms with Crippen LogP contribution in [0.15, 0.2) is 71.6 Å². The molecule has 43 heavy (non-hydrogen) atoms. The van der Waals surface area contributed by atoms with Crippen molar-refractivity contribution in [3.63, 3.8) is 0 Å². The van der Waals surface area contributed by atoms with Crippen molar-refractivity contribution in [2.45, 2.75) is 64.3 Å².